The van der Waals surface area contributed by atoms with Gasteiger partial charge in [0.05, 0.1) is 28.2 Å². The Morgan fingerprint density at radius 3 is 2.52 bits per heavy atom. The maximum atomic E-state index is 12.4. The molecule has 0 aromatic carbocycles. The van der Waals surface area contributed by atoms with E-state index in [-0.39, 0.29) is 23.0 Å². The molecule has 0 fully saturated rings. The van der Waals surface area contributed by atoms with Crippen molar-refractivity contribution in [3.05, 3.63) is 36.2 Å². The maximum absolute atomic E-state index is 12.4. The number of pyridine rings is 1. The van der Waals surface area contributed by atoms with Gasteiger partial charge in [-0.3, -0.25) is 4.21 Å². The molecule has 0 saturated heterocycles. The molecule has 0 saturated carbocycles. The van der Waals surface area contributed by atoms with Crippen LogP contribution in [0.4, 0.5) is 13.2 Å². The summed E-state index contributed by atoms with van der Waals surface area (Å²) in [4.78, 5) is 3.55. The van der Waals surface area contributed by atoms with Crippen molar-refractivity contribution in [3.8, 4) is 0 Å². The molecule has 0 amide bonds. The highest BCUT2D eigenvalue weighted by Crippen LogP contribution is 2.28. The molecule has 0 spiro atoms. The van der Waals surface area contributed by atoms with Gasteiger partial charge in [-0.05, 0) is 18.1 Å². The largest absolute Gasteiger partial charge is 0.513 e. The zero-order valence-electron chi connectivity index (χ0n) is 11.3. The highest BCUT2D eigenvalue weighted by Gasteiger charge is 2.31. The van der Waals surface area contributed by atoms with Gasteiger partial charge in [-0.2, -0.15) is 13.2 Å². The molecular weight excluding hydrogens is 307 g/mol. The average molecular weight is 323 g/mol. The summed E-state index contributed by atoms with van der Waals surface area (Å²) in [6.07, 6.45) is -4.83. The van der Waals surface area contributed by atoms with Crippen molar-refractivity contribution in [2.75, 3.05) is 5.75 Å². The number of hydrogen-bond donors (Lipinski definition) is 2. The van der Waals surface area contributed by atoms with Gasteiger partial charge in [0.25, 0.3) is 0 Å². The lowest BCUT2D eigenvalue weighted by molar-refractivity contribution is -0.137. The van der Waals surface area contributed by atoms with Crippen LogP contribution in [0.3, 0.4) is 0 Å². The van der Waals surface area contributed by atoms with Gasteiger partial charge < -0.3 is 10.2 Å². The summed E-state index contributed by atoms with van der Waals surface area (Å²) >= 11 is 0. The zero-order chi connectivity index (χ0) is 16.2. The summed E-state index contributed by atoms with van der Waals surface area (Å²) in [5.74, 6) is -0.598. The van der Waals surface area contributed by atoms with Crippen LogP contribution in [0, 0.1) is 5.92 Å². The topological polar surface area (TPSA) is 70.4 Å². The first-order valence-electron chi connectivity index (χ1n) is 6.07. The van der Waals surface area contributed by atoms with Gasteiger partial charge in [-0.15, -0.1) is 0 Å². The Morgan fingerprint density at radius 1 is 1.48 bits per heavy atom. The number of aromatic nitrogens is 1. The summed E-state index contributed by atoms with van der Waals surface area (Å²) in [6, 6.07) is 1.87. The maximum Gasteiger partial charge on any atom is 0.417 e. The molecule has 1 rings (SSSR count). The van der Waals surface area contributed by atoms with Crippen LogP contribution < -0.4 is 0 Å². The normalized spacial score (nSPS) is 16.2. The molecule has 8 heteroatoms. The second-order valence-electron chi connectivity index (χ2n) is 4.71. The Kier molecular flexibility index (Phi) is 5.91. The predicted molar refractivity (Wildman–Crippen MR) is 72.1 cm³/mol. The minimum absolute atomic E-state index is 0.0184. The summed E-state index contributed by atoms with van der Waals surface area (Å²) in [5.41, 5.74) is -0.909. The Hall–Kier alpha value is -1.41. The third-order valence-corrected chi connectivity index (χ3v) is 4.35. The summed E-state index contributed by atoms with van der Waals surface area (Å²) in [7, 11) is -1.63. The molecule has 118 valence electrons. The first-order chi connectivity index (χ1) is 9.61. The van der Waals surface area contributed by atoms with Crippen LogP contribution in [0.5, 0.6) is 0 Å². The fourth-order valence-corrected chi connectivity index (χ4v) is 2.82. The lowest BCUT2D eigenvalue weighted by Gasteiger charge is -2.17. The van der Waals surface area contributed by atoms with Crippen LogP contribution in [0.15, 0.2) is 35.7 Å². The second-order valence-corrected chi connectivity index (χ2v) is 6.15. The van der Waals surface area contributed by atoms with E-state index in [2.05, 4.69) is 11.6 Å². The van der Waals surface area contributed by atoms with Gasteiger partial charge >= 0.3 is 6.18 Å². The van der Waals surface area contributed by atoms with E-state index in [0.717, 1.165) is 12.1 Å². The zero-order valence-corrected chi connectivity index (χ0v) is 12.1. The molecule has 21 heavy (non-hydrogen) atoms. The smallest absolute Gasteiger partial charge is 0.417 e. The Balaban J connectivity index is 2.69. The Morgan fingerprint density at radius 2 is 2.10 bits per heavy atom. The first kappa shape index (κ1) is 17.6. The minimum atomic E-state index is -4.49. The highest BCUT2D eigenvalue weighted by molar-refractivity contribution is 7.84. The number of nitrogens with zero attached hydrogens (tertiary/aromatic N) is 1. The second kappa shape index (κ2) is 7.04. The molecule has 4 nitrogen and oxygen atoms in total. The van der Waals surface area contributed by atoms with E-state index in [9.17, 15) is 22.5 Å². The van der Waals surface area contributed by atoms with E-state index in [1.54, 1.807) is 6.92 Å². The predicted octanol–water partition coefficient (Wildman–Crippen LogP) is 2.67. The van der Waals surface area contributed by atoms with Crippen molar-refractivity contribution in [2.24, 2.45) is 5.92 Å². The van der Waals surface area contributed by atoms with E-state index in [1.165, 1.54) is 0 Å². The highest BCUT2D eigenvalue weighted by atomic mass is 32.2. The molecule has 0 bridgehead atoms. The molecule has 3 unspecified atom stereocenters. The number of rotatable bonds is 6. The van der Waals surface area contributed by atoms with Crippen LogP contribution in [0.1, 0.15) is 18.9 Å². The van der Waals surface area contributed by atoms with Crippen molar-refractivity contribution in [1.29, 1.82) is 0 Å². The summed E-state index contributed by atoms with van der Waals surface area (Å²) in [6.45, 7) is 4.87. The van der Waals surface area contributed by atoms with Gasteiger partial charge in [0.2, 0.25) is 0 Å². The number of aliphatic hydroxyl groups excluding tert-OH is 2. The average Bonchev–Trinajstić information content (AvgIpc) is 2.36. The number of halogens is 3. The molecule has 1 heterocycles. The van der Waals surface area contributed by atoms with Crippen LogP contribution in [0.25, 0.3) is 0 Å². The Labute approximate surface area is 122 Å². The number of alkyl halides is 3. The molecule has 0 radical (unpaired) electrons. The molecule has 0 aliphatic heterocycles. The summed E-state index contributed by atoms with van der Waals surface area (Å²) < 4.78 is 49.1. The third kappa shape index (κ3) is 5.47. The Bertz CT molecular complexity index is 516. The fraction of sp³-hybridized carbons (Fsp3) is 0.462. The molecule has 1 aromatic heterocycles. The first-order valence-corrected chi connectivity index (χ1v) is 7.39. The van der Waals surface area contributed by atoms with Gasteiger partial charge in [-0.25, -0.2) is 4.98 Å². The lowest BCUT2D eigenvalue weighted by Crippen LogP contribution is -2.24. The van der Waals surface area contributed by atoms with Crippen LogP contribution >= 0.6 is 0 Å². The molecule has 3 atom stereocenters. The van der Waals surface area contributed by atoms with Crippen LogP contribution in [-0.2, 0) is 17.0 Å². The molecule has 0 aliphatic carbocycles. The van der Waals surface area contributed by atoms with Gasteiger partial charge in [0, 0.05) is 18.4 Å². The van der Waals surface area contributed by atoms with Crippen molar-refractivity contribution >= 4 is 10.8 Å². The molecular formula is C13H16F3NO3S. The quantitative estimate of drug-likeness (QED) is 0.790. The molecule has 0 aliphatic rings. The minimum Gasteiger partial charge on any atom is -0.513 e. The van der Waals surface area contributed by atoms with Gasteiger partial charge in [-0.1, -0.05) is 13.5 Å². The standard InChI is InChI=1S/C13H16F3NO3S/c1-8(11(19)5-9(2)18)7-21(20)12-4-3-10(6-17-12)13(14,15)16/h3-4,6,8,11,18-19H,2,5,7H2,1H3. The van der Waals surface area contributed by atoms with Crippen LogP contribution in [-0.4, -0.2) is 31.3 Å². The van der Waals surface area contributed by atoms with E-state index in [0.29, 0.717) is 6.20 Å². The van der Waals surface area contributed by atoms with E-state index < -0.39 is 34.6 Å². The van der Waals surface area contributed by atoms with E-state index >= 15 is 0 Å². The monoisotopic (exact) mass is 323 g/mol. The number of hydrogen-bond acceptors (Lipinski definition) is 4. The summed E-state index contributed by atoms with van der Waals surface area (Å²) in [5, 5.41) is 18.7. The third-order valence-electron chi connectivity index (χ3n) is 2.81. The van der Waals surface area contributed by atoms with Gasteiger partial charge in [0.15, 0.2) is 0 Å². The van der Waals surface area contributed by atoms with Crippen LogP contribution in [0.2, 0.25) is 0 Å². The molecule has 2 N–H and O–H groups in total. The van der Waals surface area contributed by atoms with Crippen molar-refractivity contribution in [2.45, 2.75) is 30.7 Å². The lowest BCUT2D eigenvalue weighted by atomic mass is 10.0. The van der Waals surface area contributed by atoms with E-state index in [1.807, 2.05) is 0 Å². The van der Waals surface area contributed by atoms with Crippen molar-refractivity contribution < 1.29 is 27.6 Å². The fourth-order valence-electron chi connectivity index (χ4n) is 1.56. The van der Waals surface area contributed by atoms with Crippen molar-refractivity contribution in [3.63, 3.8) is 0 Å². The van der Waals surface area contributed by atoms with E-state index in [4.69, 9.17) is 5.11 Å². The SMILES string of the molecule is C=C(O)CC(O)C(C)CS(=O)c1ccc(C(F)(F)F)cn1. The van der Waals surface area contributed by atoms with Gasteiger partial charge in [0.1, 0.15) is 5.03 Å². The van der Waals surface area contributed by atoms with Crippen molar-refractivity contribution in [1.82, 2.24) is 4.98 Å². The number of aliphatic hydroxyl groups is 2. The molecule has 1 aromatic rings.